The van der Waals surface area contributed by atoms with Gasteiger partial charge in [-0.1, -0.05) is 13.0 Å². The number of halogens is 1. The molecular weight excluding hydrogens is 394 g/mol. The summed E-state index contributed by atoms with van der Waals surface area (Å²) in [6.07, 6.45) is 3.49. The van der Waals surface area contributed by atoms with Crippen molar-refractivity contribution in [3.8, 4) is 5.75 Å². The predicted octanol–water partition coefficient (Wildman–Crippen LogP) is 3.18. The molecule has 1 aliphatic heterocycles. The van der Waals surface area contributed by atoms with Crippen molar-refractivity contribution in [3.05, 3.63) is 48.4 Å². The summed E-state index contributed by atoms with van der Waals surface area (Å²) >= 11 is 0. The van der Waals surface area contributed by atoms with Gasteiger partial charge in [-0.15, -0.1) is 12.4 Å². The Balaban J connectivity index is 0.00000300. The van der Waals surface area contributed by atoms with Crippen LogP contribution in [0.15, 0.2) is 47.1 Å². The second kappa shape index (κ2) is 11.5. The summed E-state index contributed by atoms with van der Waals surface area (Å²) in [6, 6.07) is 10.2. The van der Waals surface area contributed by atoms with Crippen LogP contribution < -0.4 is 15.4 Å². The van der Waals surface area contributed by atoms with Crippen LogP contribution in [0.4, 0.5) is 5.69 Å². The Morgan fingerprint density at radius 2 is 2.00 bits per heavy atom. The van der Waals surface area contributed by atoms with Crippen molar-refractivity contribution in [1.29, 1.82) is 0 Å². The number of nitrogens with one attached hydrogen (secondary N) is 2. The fourth-order valence-electron chi connectivity index (χ4n) is 3.24. The number of hydrogen-bond acceptors (Lipinski definition) is 5. The molecule has 158 valence electrons. The minimum atomic E-state index is -0.335. The number of carbonyl (C=O) groups excluding carboxylic acids is 2. The van der Waals surface area contributed by atoms with E-state index in [1.807, 2.05) is 4.90 Å². The standard InChI is InChI=1S/C21H27N3O4.ClH/c1-2-22-14-16-8-10-24(11-9-16)20(25)15-28-18-6-3-5-17(13-18)23-21(26)19-7-4-12-27-19;/h3-7,12-13,16,22H,2,8-11,14-15H2,1H3,(H,23,26);1H. The first-order chi connectivity index (χ1) is 13.7. The molecule has 1 saturated heterocycles. The number of ether oxygens (including phenoxy) is 1. The van der Waals surface area contributed by atoms with Crippen molar-refractivity contribution < 1.29 is 18.7 Å². The number of hydrogen-bond donors (Lipinski definition) is 2. The first kappa shape index (κ1) is 22.8. The van der Waals surface area contributed by atoms with Gasteiger partial charge in [0.1, 0.15) is 5.75 Å². The lowest BCUT2D eigenvalue weighted by molar-refractivity contribution is -0.134. The van der Waals surface area contributed by atoms with Crippen LogP contribution >= 0.6 is 12.4 Å². The van der Waals surface area contributed by atoms with Crippen molar-refractivity contribution in [2.24, 2.45) is 5.92 Å². The number of benzene rings is 1. The van der Waals surface area contributed by atoms with E-state index in [9.17, 15) is 9.59 Å². The summed E-state index contributed by atoms with van der Waals surface area (Å²) in [5.74, 6) is 1.07. The molecule has 0 spiro atoms. The molecule has 3 rings (SSSR count). The molecule has 0 unspecified atom stereocenters. The summed E-state index contributed by atoms with van der Waals surface area (Å²) in [5.41, 5.74) is 0.579. The summed E-state index contributed by atoms with van der Waals surface area (Å²) in [4.78, 5) is 26.3. The first-order valence-corrected chi connectivity index (χ1v) is 9.72. The van der Waals surface area contributed by atoms with Crippen molar-refractivity contribution >= 4 is 29.9 Å². The van der Waals surface area contributed by atoms with Crippen molar-refractivity contribution in [2.45, 2.75) is 19.8 Å². The van der Waals surface area contributed by atoms with Crippen LogP contribution in [0.5, 0.6) is 5.75 Å². The van der Waals surface area contributed by atoms with Gasteiger partial charge in [-0.3, -0.25) is 9.59 Å². The van der Waals surface area contributed by atoms with Crippen LogP contribution in [0.2, 0.25) is 0 Å². The van der Waals surface area contributed by atoms with Gasteiger partial charge in [0, 0.05) is 24.8 Å². The van der Waals surface area contributed by atoms with E-state index in [1.165, 1.54) is 6.26 Å². The van der Waals surface area contributed by atoms with Crippen LogP contribution in [-0.4, -0.2) is 49.5 Å². The molecule has 2 amide bonds. The largest absolute Gasteiger partial charge is 0.484 e. The topological polar surface area (TPSA) is 83.8 Å². The minimum absolute atomic E-state index is 0. The number of anilines is 1. The lowest BCUT2D eigenvalue weighted by atomic mass is 9.97. The van der Waals surface area contributed by atoms with Gasteiger partial charge in [0.15, 0.2) is 12.4 Å². The Kier molecular flexibility index (Phi) is 9.02. The molecule has 0 aliphatic carbocycles. The molecule has 7 nitrogen and oxygen atoms in total. The lowest BCUT2D eigenvalue weighted by Crippen LogP contribution is -2.42. The minimum Gasteiger partial charge on any atom is -0.484 e. The molecular formula is C21H28ClN3O4. The van der Waals surface area contributed by atoms with Crippen LogP contribution in [-0.2, 0) is 4.79 Å². The summed E-state index contributed by atoms with van der Waals surface area (Å²) < 4.78 is 10.7. The average molecular weight is 422 g/mol. The van der Waals surface area contributed by atoms with E-state index in [0.717, 1.165) is 39.0 Å². The third-order valence-electron chi connectivity index (χ3n) is 4.85. The third kappa shape index (κ3) is 6.80. The molecule has 1 aromatic heterocycles. The highest BCUT2D eigenvalue weighted by Crippen LogP contribution is 2.20. The van der Waals surface area contributed by atoms with E-state index >= 15 is 0 Å². The van der Waals surface area contributed by atoms with E-state index in [4.69, 9.17) is 9.15 Å². The van der Waals surface area contributed by atoms with Crippen molar-refractivity contribution in [1.82, 2.24) is 10.2 Å². The molecule has 2 aromatic rings. The molecule has 0 bridgehead atoms. The van der Waals surface area contributed by atoms with Gasteiger partial charge in [-0.25, -0.2) is 0 Å². The highest BCUT2D eigenvalue weighted by Gasteiger charge is 2.22. The molecule has 0 saturated carbocycles. The van der Waals surface area contributed by atoms with Gasteiger partial charge >= 0.3 is 0 Å². The fourth-order valence-corrected chi connectivity index (χ4v) is 3.24. The fraction of sp³-hybridized carbons (Fsp3) is 0.429. The maximum atomic E-state index is 12.4. The zero-order valence-corrected chi connectivity index (χ0v) is 17.4. The predicted molar refractivity (Wildman–Crippen MR) is 114 cm³/mol. The number of nitrogens with zero attached hydrogens (tertiary/aromatic N) is 1. The highest BCUT2D eigenvalue weighted by atomic mass is 35.5. The van der Waals surface area contributed by atoms with Gasteiger partial charge in [-0.2, -0.15) is 0 Å². The van der Waals surface area contributed by atoms with Gasteiger partial charge in [0.05, 0.1) is 6.26 Å². The second-order valence-corrected chi connectivity index (χ2v) is 6.88. The normalized spacial score (nSPS) is 14.2. The number of piperidine rings is 1. The summed E-state index contributed by atoms with van der Waals surface area (Å²) in [7, 11) is 0. The van der Waals surface area contributed by atoms with E-state index in [0.29, 0.717) is 17.4 Å². The SMILES string of the molecule is CCNCC1CCN(C(=O)COc2cccc(NC(=O)c3ccco3)c2)CC1.Cl. The van der Waals surface area contributed by atoms with E-state index in [-0.39, 0.29) is 36.6 Å². The lowest BCUT2D eigenvalue weighted by Gasteiger charge is -2.32. The van der Waals surface area contributed by atoms with Crippen LogP contribution in [0.1, 0.15) is 30.3 Å². The molecule has 0 atom stereocenters. The zero-order valence-electron chi connectivity index (χ0n) is 16.6. The number of likely N-dealkylation sites (tertiary alicyclic amines) is 1. The van der Waals surface area contributed by atoms with Crippen LogP contribution in [0.3, 0.4) is 0 Å². The molecule has 0 radical (unpaired) electrons. The molecule has 29 heavy (non-hydrogen) atoms. The molecule has 2 N–H and O–H groups in total. The summed E-state index contributed by atoms with van der Waals surface area (Å²) in [5, 5.41) is 6.12. The van der Waals surface area contributed by atoms with Gasteiger partial charge in [0.2, 0.25) is 0 Å². The van der Waals surface area contributed by atoms with Crippen LogP contribution in [0, 0.1) is 5.92 Å². The maximum absolute atomic E-state index is 12.4. The van der Waals surface area contributed by atoms with Crippen molar-refractivity contribution in [3.63, 3.8) is 0 Å². The monoisotopic (exact) mass is 421 g/mol. The van der Waals surface area contributed by atoms with E-state index < -0.39 is 0 Å². The van der Waals surface area contributed by atoms with Gasteiger partial charge in [-0.05, 0) is 56.1 Å². The molecule has 1 aromatic carbocycles. The highest BCUT2D eigenvalue weighted by molar-refractivity contribution is 6.02. The maximum Gasteiger partial charge on any atom is 0.291 e. The number of furan rings is 1. The Bertz CT molecular complexity index is 774. The number of amides is 2. The van der Waals surface area contributed by atoms with Gasteiger partial charge < -0.3 is 24.7 Å². The van der Waals surface area contributed by atoms with Crippen molar-refractivity contribution in [2.75, 3.05) is 38.1 Å². The molecule has 1 fully saturated rings. The Morgan fingerprint density at radius 3 is 2.69 bits per heavy atom. The second-order valence-electron chi connectivity index (χ2n) is 6.88. The van der Waals surface area contributed by atoms with Gasteiger partial charge in [0.25, 0.3) is 11.8 Å². The quantitative estimate of drug-likeness (QED) is 0.683. The Hall–Kier alpha value is -2.51. The first-order valence-electron chi connectivity index (χ1n) is 9.72. The average Bonchev–Trinajstić information content (AvgIpc) is 3.26. The molecule has 1 aliphatic rings. The Labute approximate surface area is 177 Å². The molecule has 2 heterocycles. The third-order valence-corrected chi connectivity index (χ3v) is 4.85. The Morgan fingerprint density at radius 1 is 1.21 bits per heavy atom. The zero-order chi connectivity index (χ0) is 19.8. The van der Waals surface area contributed by atoms with E-state index in [2.05, 4.69) is 17.6 Å². The van der Waals surface area contributed by atoms with E-state index in [1.54, 1.807) is 36.4 Å². The molecule has 8 heteroatoms. The number of rotatable bonds is 8. The summed E-state index contributed by atoms with van der Waals surface area (Å²) in [6.45, 7) is 5.65. The number of carbonyl (C=O) groups is 2. The van der Waals surface area contributed by atoms with Crippen LogP contribution in [0.25, 0.3) is 0 Å². The smallest absolute Gasteiger partial charge is 0.291 e.